The number of thiazole rings is 1. The minimum atomic E-state index is -0.223. The van der Waals surface area contributed by atoms with Crippen molar-refractivity contribution in [3.63, 3.8) is 0 Å². The lowest BCUT2D eigenvalue weighted by atomic mass is 9.97. The molecule has 2 N–H and O–H groups in total. The Bertz CT molecular complexity index is 1040. The molecule has 2 aromatic heterocycles. The van der Waals surface area contributed by atoms with Crippen LogP contribution in [0.25, 0.3) is 0 Å². The van der Waals surface area contributed by atoms with E-state index in [2.05, 4.69) is 30.5 Å². The zero-order chi connectivity index (χ0) is 21.6. The lowest BCUT2D eigenvalue weighted by molar-refractivity contribution is -0.117. The summed E-state index contributed by atoms with van der Waals surface area (Å²) in [5.41, 5.74) is 1.84. The number of anilines is 2. The highest BCUT2D eigenvalue weighted by atomic mass is 32.1. The van der Waals surface area contributed by atoms with Crippen LogP contribution in [0.3, 0.4) is 0 Å². The average Bonchev–Trinajstić information content (AvgIpc) is 3.27. The molecule has 1 fully saturated rings. The Morgan fingerprint density at radius 3 is 2.77 bits per heavy atom. The predicted molar refractivity (Wildman–Crippen MR) is 120 cm³/mol. The molecule has 0 bridgehead atoms. The maximum atomic E-state index is 12.6. The number of hydrogen-bond donors (Lipinski definition) is 2. The lowest BCUT2D eigenvalue weighted by Gasteiger charge is -2.31. The Morgan fingerprint density at radius 2 is 2.03 bits per heavy atom. The number of aryl methyl sites for hydroxylation is 1. The summed E-state index contributed by atoms with van der Waals surface area (Å²) in [5, 5.41) is 8.13. The number of carbonyl (C=O) groups excluding carboxylic acids is 2. The minimum Gasteiger partial charge on any atom is -0.322 e. The van der Waals surface area contributed by atoms with Crippen molar-refractivity contribution in [3.05, 3.63) is 65.2 Å². The summed E-state index contributed by atoms with van der Waals surface area (Å²) < 4.78 is 0. The van der Waals surface area contributed by atoms with E-state index < -0.39 is 0 Å². The molecule has 31 heavy (non-hydrogen) atoms. The smallest absolute Gasteiger partial charge is 0.259 e. The number of benzene rings is 1. The van der Waals surface area contributed by atoms with Crippen LogP contribution in [0.5, 0.6) is 0 Å². The van der Waals surface area contributed by atoms with Gasteiger partial charge >= 0.3 is 0 Å². The number of nitrogens with one attached hydrogen (secondary N) is 2. The van der Waals surface area contributed by atoms with E-state index in [4.69, 9.17) is 0 Å². The highest BCUT2D eigenvalue weighted by Crippen LogP contribution is 2.25. The summed E-state index contributed by atoms with van der Waals surface area (Å²) in [6, 6.07) is 9.31. The lowest BCUT2D eigenvalue weighted by Crippen LogP contribution is -2.40. The van der Waals surface area contributed by atoms with Crippen LogP contribution < -0.4 is 10.6 Å². The molecule has 8 nitrogen and oxygen atoms in total. The fraction of sp³-hybridized carbons (Fsp3) is 0.318. The average molecular weight is 437 g/mol. The van der Waals surface area contributed by atoms with Gasteiger partial charge in [0.25, 0.3) is 5.91 Å². The molecule has 4 rings (SSSR count). The molecule has 1 aliphatic rings. The van der Waals surface area contributed by atoms with Gasteiger partial charge in [-0.2, -0.15) is 0 Å². The Labute approximate surface area is 184 Å². The van der Waals surface area contributed by atoms with Crippen LogP contribution in [0, 0.1) is 6.92 Å². The zero-order valence-electron chi connectivity index (χ0n) is 17.2. The molecule has 9 heteroatoms. The third-order valence-corrected chi connectivity index (χ3v) is 5.88. The number of para-hydroxylation sites is 1. The first-order valence-corrected chi connectivity index (χ1v) is 11.1. The second-order valence-corrected chi connectivity index (χ2v) is 8.40. The molecule has 1 aliphatic heterocycles. The van der Waals surface area contributed by atoms with Gasteiger partial charge in [0.2, 0.25) is 5.91 Å². The first-order chi connectivity index (χ1) is 15.1. The molecule has 0 saturated carbocycles. The second-order valence-electron chi connectivity index (χ2n) is 7.51. The Balaban J connectivity index is 1.38. The van der Waals surface area contributed by atoms with Crippen LogP contribution in [0.15, 0.2) is 48.1 Å². The van der Waals surface area contributed by atoms with Crippen LogP contribution in [-0.2, 0) is 4.79 Å². The molecule has 1 atom stereocenters. The summed E-state index contributed by atoms with van der Waals surface area (Å²) in [6.07, 6.45) is 5.19. The highest BCUT2D eigenvalue weighted by molar-refractivity contribution is 7.13. The number of piperidine rings is 1. The maximum Gasteiger partial charge on any atom is 0.259 e. The number of rotatable bonds is 6. The third kappa shape index (κ3) is 5.50. The van der Waals surface area contributed by atoms with E-state index in [0.717, 1.165) is 30.9 Å². The molecular weight excluding hydrogens is 412 g/mol. The monoisotopic (exact) mass is 436 g/mol. The predicted octanol–water partition coefficient (Wildman–Crippen LogP) is 3.31. The molecule has 160 valence electrons. The molecule has 0 spiro atoms. The number of hydrogen-bond acceptors (Lipinski definition) is 7. The van der Waals surface area contributed by atoms with Gasteiger partial charge in [0, 0.05) is 35.9 Å². The quantitative estimate of drug-likeness (QED) is 0.615. The number of nitrogens with zero attached hydrogens (tertiary/aromatic N) is 4. The minimum absolute atomic E-state index is 0.0689. The van der Waals surface area contributed by atoms with E-state index in [1.807, 2.05) is 42.6 Å². The van der Waals surface area contributed by atoms with Gasteiger partial charge in [-0.3, -0.25) is 14.5 Å². The summed E-state index contributed by atoms with van der Waals surface area (Å²) in [5.74, 6) is 0.560. The fourth-order valence-corrected chi connectivity index (χ4v) is 4.23. The van der Waals surface area contributed by atoms with E-state index in [-0.39, 0.29) is 17.7 Å². The van der Waals surface area contributed by atoms with Gasteiger partial charge in [0.05, 0.1) is 17.8 Å². The van der Waals surface area contributed by atoms with Crippen molar-refractivity contribution in [1.29, 1.82) is 0 Å². The Kier molecular flexibility index (Phi) is 6.63. The van der Waals surface area contributed by atoms with E-state index in [1.165, 1.54) is 11.3 Å². The first-order valence-electron chi connectivity index (χ1n) is 10.2. The van der Waals surface area contributed by atoms with Gasteiger partial charge in [-0.05, 0) is 38.4 Å². The maximum absolute atomic E-state index is 12.6. The molecule has 3 aromatic rings. The zero-order valence-corrected chi connectivity index (χ0v) is 18.1. The number of likely N-dealkylation sites (tertiary alicyclic amines) is 1. The number of amides is 2. The number of carbonyl (C=O) groups is 2. The molecule has 1 aromatic carbocycles. The molecular formula is C22H24N6O2S. The van der Waals surface area contributed by atoms with Crippen LogP contribution in [0.2, 0.25) is 0 Å². The van der Waals surface area contributed by atoms with Gasteiger partial charge < -0.3 is 10.6 Å². The van der Waals surface area contributed by atoms with Crippen LogP contribution in [0.1, 0.15) is 40.6 Å². The summed E-state index contributed by atoms with van der Waals surface area (Å²) >= 11 is 1.40. The van der Waals surface area contributed by atoms with Crippen molar-refractivity contribution in [1.82, 2.24) is 19.9 Å². The fourth-order valence-electron chi connectivity index (χ4n) is 3.68. The number of aromatic nitrogens is 3. The van der Waals surface area contributed by atoms with E-state index in [1.54, 1.807) is 12.4 Å². The van der Waals surface area contributed by atoms with Crippen molar-refractivity contribution >= 4 is 34.0 Å². The Hall–Kier alpha value is -3.17. The topological polar surface area (TPSA) is 100 Å². The van der Waals surface area contributed by atoms with Crippen molar-refractivity contribution in [2.75, 3.05) is 30.3 Å². The van der Waals surface area contributed by atoms with Crippen LogP contribution in [-0.4, -0.2) is 51.3 Å². The van der Waals surface area contributed by atoms with Crippen molar-refractivity contribution < 1.29 is 9.59 Å². The van der Waals surface area contributed by atoms with E-state index in [9.17, 15) is 9.59 Å². The van der Waals surface area contributed by atoms with Gasteiger partial charge in [-0.15, -0.1) is 11.3 Å². The molecule has 0 aliphatic carbocycles. The van der Waals surface area contributed by atoms with Gasteiger partial charge in [-0.25, -0.2) is 15.0 Å². The molecule has 1 unspecified atom stereocenters. The summed E-state index contributed by atoms with van der Waals surface area (Å²) in [6.45, 7) is 3.71. The van der Waals surface area contributed by atoms with Crippen LogP contribution in [0.4, 0.5) is 10.8 Å². The summed E-state index contributed by atoms with van der Waals surface area (Å²) in [7, 11) is 0. The van der Waals surface area contributed by atoms with E-state index in [0.29, 0.717) is 29.5 Å². The van der Waals surface area contributed by atoms with Gasteiger partial charge in [0.15, 0.2) is 5.13 Å². The standard InChI is InChI=1S/C22H24N6O2S/c1-15-18(21(30)26-17-7-3-2-4-8-17)12-24-20(25-15)16-6-5-10-28(13-16)14-19(29)27-22-23-9-11-31-22/h2-4,7-9,11-12,16H,5-6,10,13-14H2,1H3,(H,26,30)(H,23,27,29). The normalized spacial score (nSPS) is 16.6. The van der Waals surface area contributed by atoms with Crippen molar-refractivity contribution in [2.24, 2.45) is 0 Å². The van der Waals surface area contributed by atoms with E-state index >= 15 is 0 Å². The second kappa shape index (κ2) is 9.76. The SMILES string of the molecule is Cc1nc(C2CCCN(CC(=O)Nc3nccs3)C2)ncc1C(=O)Nc1ccccc1. The van der Waals surface area contributed by atoms with Crippen LogP contribution >= 0.6 is 11.3 Å². The molecule has 2 amide bonds. The molecule has 0 radical (unpaired) electrons. The van der Waals surface area contributed by atoms with Gasteiger partial charge in [0.1, 0.15) is 5.82 Å². The summed E-state index contributed by atoms with van der Waals surface area (Å²) in [4.78, 5) is 40.2. The largest absolute Gasteiger partial charge is 0.322 e. The molecule has 3 heterocycles. The first kappa shape index (κ1) is 21.1. The third-order valence-electron chi connectivity index (χ3n) is 5.19. The van der Waals surface area contributed by atoms with Crippen molar-refractivity contribution in [2.45, 2.75) is 25.7 Å². The highest BCUT2D eigenvalue weighted by Gasteiger charge is 2.26. The Morgan fingerprint density at radius 1 is 1.19 bits per heavy atom. The molecule has 1 saturated heterocycles. The van der Waals surface area contributed by atoms with Crippen molar-refractivity contribution in [3.8, 4) is 0 Å². The van der Waals surface area contributed by atoms with Gasteiger partial charge in [-0.1, -0.05) is 18.2 Å².